The summed E-state index contributed by atoms with van der Waals surface area (Å²) >= 11 is 0. The van der Waals surface area contributed by atoms with Crippen molar-refractivity contribution < 1.29 is 24.6 Å². The molecule has 19 heavy (non-hydrogen) atoms. The molecule has 0 spiro atoms. The van der Waals surface area contributed by atoms with Crippen LogP contribution >= 0.6 is 0 Å². The van der Waals surface area contributed by atoms with E-state index in [0.29, 0.717) is 6.54 Å². The normalized spacial score (nSPS) is 15.6. The Balaban J connectivity index is 2.45. The van der Waals surface area contributed by atoms with Gasteiger partial charge in [-0.1, -0.05) is 0 Å². The van der Waals surface area contributed by atoms with Crippen molar-refractivity contribution in [1.29, 1.82) is 0 Å². The minimum atomic E-state index is -1.13. The zero-order valence-corrected chi connectivity index (χ0v) is 11.0. The molecule has 0 unspecified atom stereocenters. The quantitative estimate of drug-likeness (QED) is 0.608. The number of carboxylic acids is 2. The topological polar surface area (TPSA) is 107 Å². The van der Waals surface area contributed by atoms with Crippen LogP contribution < -0.4 is 5.32 Å². The van der Waals surface area contributed by atoms with E-state index in [2.05, 4.69) is 5.32 Å². The van der Waals surface area contributed by atoms with Gasteiger partial charge >= 0.3 is 18.0 Å². The number of carbonyl (C=O) groups excluding carboxylic acids is 1. The van der Waals surface area contributed by atoms with Gasteiger partial charge in [-0.05, 0) is 32.6 Å². The molecule has 0 aromatic carbocycles. The summed E-state index contributed by atoms with van der Waals surface area (Å²) < 4.78 is 0. The van der Waals surface area contributed by atoms with Gasteiger partial charge in [0.15, 0.2) is 0 Å². The lowest BCUT2D eigenvalue weighted by molar-refractivity contribution is -0.140. The fourth-order valence-electron chi connectivity index (χ4n) is 1.90. The molecule has 1 aliphatic carbocycles. The SMILES string of the molecule is CCN(C(=O)N[C@H](CCCC(=O)O)C(=O)O)C1CC1. The minimum absolute atomic E-state index is 0.0975. The van der Waals surface area contributed by atoms with E-state index < -0.39 is 18.0 Å². The predicted octanol–water partition coefficient (Wildman–Crippen LogP) is 0.888. The lowest BCUT2D eigenvalue weighted by Crippen LogP contribution is -2.48. The zero-order chi connectivity index (χ0) is 14.4. The lowest BCUT2D eigenvalue weighted by Gasteiger charge is -2.23. The van der Waals surface area contributed by atoms with Crippen molar-refractivity contribution in [2.24, 2.45) is 0 Å². The molecule has 0 radical (unpaired) electrons. The van der Waals surface area contributed by atoms with Crippen molar-refractivity contribution in [1.82, 2.24) is 10.2 Å². The maximum absolute atomic E-state index is 11.9. The van der Waals surface area contributed by atoms with Crippen LogP contribution in [0.4, 0.5) is 4.79 Å². The van der Waals surface area contributed by atoms with Crippen molar-refractivity contribution in [2.75, 3.05) is 6.54 Å². The number of carbonyl (C=O) groups is 3. The highest BCUT2D eigenvalue weighted by Gasteiger charge is 2.33. The van der Waals surface area contributed by atoms with E-state index in [4.69, 9.17) is 10.2 Å². The number of hydrogen-bond donors (Lipinski definition) is 3. The molecule has 108 valence electrons. The molecule has 0 bridgehead atoms. The molecule has 0 aromatic rings. The molecule has 1 atom stereocenters. The maximum atomic E-state index is 11.9. The van der Waals surface area contributed by atoms with Gasteiger partial charge in [-0.3, -0.25) is 4.79 Å². The Morgan fingerprint density at radius 2 is 1.95 bits per heavy atom. The molecule has 0 saturated heterocycles. The van der Waals surface area contributed by atoms with Gasteiger partial charge in [-0.2, -0.15) is 0 Å². The van der Waals surface area contributed by atoms with Crippen molar-refractivity contribution in [3.05, 3.63) is 0 Å². The summed E-state index contributed by atoms with van der Waals surface area (Å²) in [6.45, 7) is 2.38. The van der Waals surface area contributed by atoms with Crippen molar-refractivity contribution in [2.45, 2.75) is 51.1 Å². The summed E-state index contributed by atoms with van der Waals surface area (Å²) in [4.78, 5) is 34.9. The van der Waals surface area contributed by atoms with Gasteiger partial charge in [0.2, 0.25) is 0 Å². The van der Waals surface area contributed by atoms with Crippen molar-refractivity contribution in [3.8, 4) is 0 Å². The zero-order valence-electron chi connectivity index (χ0n) is 11.0. The number of hydrogen-bond acceptors (Lipinski definition) is 3. The lowest BCUT2D eigenvalue weighted by atomic mass is 10.1. The first-order valence-electron chi connectivity index (χ1n) is 6.47. The van der Waals surface area contributed by atoms with E-state index in [9.17, 15) is 14.4 Å². The molecule has 3 N–H and O–H groups in total. The molecule has 1 rings (SSSR count). The number of urea groups is 1. The molecule has 1 fully saturated rings. The summed E-state index contributed by atoms with van der Waals surface area (Å²) in [6, 6.07) is -1.19. The van der Waals surface area contributed by atoms with E-state index in [-0.39, 0.29) is 31.3 Å². The summed E-state index contributed by atoms with van der Waals surface area (Å²) in [5.74, 6) is -2.10. The molecule has 0 aromatic heterocycles. The third-order valence-corrected chi connectivity index (χ3v) is 3.07. The van der Waals surface area contributed by atoms with Crippen LogP contribution in [-0.2, 0) is 9.59 Å². The van der Waals surface area contributed by atoms with E-state index in [1.165, 1.54) is 0 Å². The molecular formula is C12H20N2O5. The van der Waals surface area contributed by atoms with E-state index in [0.717, 1.165) is 12.8 Å². The predicted molar refractivity (Wildman–Crippen MR) is 66.8 cm³/mol. The second-order valence-corrected chi connectivity index (χ2v) is 4.64. The minimum Gasteiger partial charge on any atom is -0.481 e. The van der Waals surface area contributed by atoms with Gasteiger partial charge in [0, 0.05) is 19.0 Å². The first-order chi connectivity index (χ1) is 8.95. The van der Waals surface area contributed by atoms with Gasteiger partial charge in [0.25, 0.3) is 0 Å². The number of carboxylic acid groups (broad SMARTS) is 2. The molecule has 0 heterocycles. The summed E-state index contributed by atoms with van der Waals surface area (Å²) in [7, 11) is 0. The number of aliphatic carboxylic acids is 2. The molecular weight excluding hydrogens is 252 g/mol. The van der Waals surface area contributed by atoms with Crippen LogP contribution in [0.25, 0.3) is 0 Å². The van der Waals surface area contributed by atoms with Gasteiger partial charge < -0.3 is 20.4 Å². The molecule has 1 aliphatic rings. The Morgan fingerprint density at radius 3 is 2.37 bits per heavy atom. The molecule has 7 heteroatoms. The first kappa shape index (κ1) is 15.3. The smallest absolute Gasteiger partial charge is 0.326 e. The average Bonchev–Trinajstić information content (AvgIpc) is 3.12. The van der Waals surface area contributed by atoms with Crippen molar-refractivity contribution >= 4 is 18.0 Å². The van der Waals surface area contributed by atoms with Crippen LogP contribution in [0.15, 0.2) is 0 Å². The Morgan fingerprint density at radius 1 is 1.32 bits per heavy atom. The van der Waals surface area contributed by atoms with E-state index in [1.54, 1.807) is 4.90 Å². The standard InChI is InChI=1S/C12H20N2O5/c1-2-14(8-6-7-8)12(19)13-9(11(17)18)4-3-5-10(15)16/h8-9H,2-7H2,1H3,(H,13,19)(H,15,16)(H,17,18)/t9-/m1/s1. The van der Waals surface area contributed by atoms with Gasteiger partial charge in [0.05, 0.1) is 0 Å². The first-order valence-corrected chi connectivity index (χ1v) is 6.47. The third-order valence-electron chi connectivity index (χ3n) is 3.07. The van der Waals surface area contributed by atoms with Crippen LogP contribution in [0.1, 0.15) is 39.0 Å². The monoisotopic (exact) mass is 272 g/mol. The molecule has 0 aliphatic heterocycles. The number of nitrogens with zero attached hydrogens (tertiary/aromatic N) is 1. The molecule has 2 amide bonds. The highest BCUT2D eigenvalue weighted by Crippen LogP contribution is 2.26. The summed E-state index contributed by atoms with van der Waals surface area (Å²) in [5.41, 5.74) is 0. The van der Waals surface area contributed by atoms with Crippen LogP contribution in [0.3, 0.4) is 0 Å². The Bertz CT molecular complexity index is 354. The van der Waals surface area contributed by atoms with Crippen molar-refractivity contribution in [3.63, 3.8) is 0 Å². The number of nitrogens with one attached hydrogen (secondary N) is 1. The summed E-state index contributed by atoms with van der Waals surface area (Å²) in [6.07, 6.45) is 2.16. The van der Waals surface area contributed by atoms with Gasteiger partial charge in [-0.15, -0.1) is 0 Å². The third kappa shape index (κ3) is 5.15. The van der Waals surface area contributed by atoms with Crippen LogP contribution in [0.5, 0.6) is 0 Å². The number of amides is 2. The fourth-order valence-corrected chi connectivity index (χ4v) is 1.90. The second kappa shape index (κ2) is 6.96. The van der Waals surface area contributed by atoms with E-state index in [1.807, 2.05) is 6.92 Å². The average molecular weight is 272 g/mol. The van der Waals surface area contributed by atoms with Crippen LogP contribution in [0, 0.1) is 0 Å². The van der Waals surface area contributed by atoms with Gasteiger partial charge in [0.1, 0.15) is 6.04 Å². The Hall–Kier alpha value is -1.79. The van der Waals surface area contributed by atoms with Gasteiger partial charge in [-0.25, -0.2) is 9.59 Å². The highest BCUT2D eigenvalue weighted by molar-refractivity contribution is 5.82. The Labute approximate surface area is 111 Å². The van der Waals surface area contributed by atoms with E-state index >= 15 is 0 Å². The largest absolute Gasteiger partial charge is 0.481 e. The fraction of sp³-hybridized carbons (Fsp3) is 0.750. The number of rotatable bonds is 8. The summed E-state index contributed by atoms with van der Waals surface area (Å²) in [5, 5.41) is 20.0. The van der Waals surface area contributed by atoms with Crippen LogP contribution in [-0.4, -0.2) is 51.7 Å². The Kier molecular flexibility index (Phi) is 5.59. The van der Waals surface area contributed by atoms with Crippen LogP contribution in [0.2, 0.25) is 0 Å². The highest BCUT2D eigenvalue weighted by atomic mass is 16.4. The molecule has 1 saturated carbocycles. The second-order valence-electron chi connectivity index (χ2n) is 4.64. The molecule has 7 nitrogen and oxygen atoms in total. The maximum Gasteiger partial charge on any atom is 0.326 e.